The highest BCUT2D eigenvalue weighted by molar-refractivity contribution is 7.80. The summed E-state index contributed by atoms with van der Waals surface area (Å²) in [5, 5.41) is 8.24. The molecule has 1 aromatic heterocycles. The number of nitrogens with zero attached hydrogens (tertiary/aromatic N) is 3. The van der Waals surface area contributed by atoms with Crippen molar-refractivity contribution in [2.75, 3.05) is 4.90 Å². The van der Waals surface area contributed by atoms with Crippen LogP contribution >= 0.6 is 12.2 Å². The Hall–Kier alpha value is -3.84. The lowest BCUT2D eigenvalue weighted by Gasteiger charge is -2.37. The van der Waals surface area contributed by atoms with Crippen LogP contribution in [0, 0.1) is 5.82 Å². The first-order valence-corrected chi connectivity index (χ1v) is 12.5. The van der Waals surface area contributed by atoms with Crippen molar-refractivity contribution in [1.82, 2.24) is 15.5 Å². The molecule has 3 aromatic carbocycles. The number of hydrogen-bond acceptors (Lipinski definition) is 4. The topological polar surface area (TPSA) is 54.2 Å². The van der Waals surface area contributed by atoms with Crippen LogP contribution < -0.4 is 10.2 Å². The van der Waals surface area contributed by atoms with Crippen LogP contribution in [-0.2, 0) is 12.8 Å². The maximum Gasteiger partial charge on any atom is 0.258 e. The van der Waals surface area contributed by atoms with Crippen molar-refractivity contribution < 1.29 is 8.91 Å². The van der Waals surface area contributed by atoms with Crippen LogP contribution in [0.15, 0.2) is 83.0 Å². The first-order valence-electron chi connectivity index (χ1n) is 12.1. The Balaban J connectivity index is 1.61. The van der Waals surface area contributed by atoms with E-state index >= 15 is 0 Å². The molecule has 0 aliphatic carbocycles. The Kier molecular flexibility index (Phi) is 6.65. The zero-order valence-electron chi connectivity index (χ0n) is 20.5. The summed E-state index contributed by atoms with van der Waals surface area (Å²) in [4.78, 5) is 6.74. The number of allylic oxidation sites excluding steroid dienone is 1. The fourth-order valence-corrected chi connectivity index (χ4v) is 4.82. The van der Waals surface area contributed by atoms with Crippen molar-refractivity contribution in [1.29, 1.82) is 0 Å². The van der Waals surface area contributed by atoms with E-state index in [1.807, 2.05) is 24.0 Å². The molecule has 1 unspecified atom stereocenters. The summed E-state index contributed by atoms with van der Waals surface area (Å²) in [6, 6.07) is 22.5. The van der Waals surface area contributed by atoms with Crippen LogP contribution in [0.5, 0.6) is 0 Å². The molecule has 2 heterocycles. The van der Waals surface area contributed by atoms with Gasteiger partial charge in [0.25, 0.3) is 5.89 Å². The molecular weight excluding hydrogens is 471 g/mol. The highest BCUT2D eigenvalue weighted by atomic mass is 32.1. The summed E-state index contributed by atoms with van der Waals surface area (Å²) >= 11 is 5.80. The SMILES string of the molecule is CCc1ccc(-c2noc(C3=C(C)N(c4ccc(CC)cc4)C(=S)NC3c3ccc(F)cc3)n2)cc1. The second kappa shape index (κ2) is 10.0. The molecule has 5 rings (SSSR count). The van der Waals surface area contributed by atoms with Crippen molar-refractivity contribution >= 4 is 28.6 Å². The second-order valence-corrected chi connectivity index (χ2v) is 9.15. The molecule has 7 heteroatoms. The molecule has 0 bridgehead atoms. The lowest BCUT2D eigenvalue weighted by atomic mass is 9.94. The molecule has 0 amide bonds. The minimum atomic E-state index is -0.375. The molecule has 0 radical (unpaired) electrons. The minimum Gasteiger partial charge on any atom is -0.351 e. The van der Waals surface area contributed by atoms with Gasteiger partial charge in [0.15, 0.2) is 5.11 Å². The Bertz CT molecular complexity index is 1410. The third-order valence-corrected chi connectivity index (χ3v) is 6.87. The minimum absolute atomic E-state index is 0.298. The van der Waals surface area contributed by atoms with E-state index in [1.54, 1.807) is 12.1 Å². The fraction of sp³-hybridized carbons (Fsp3) is 0.207. The number of rotatable bonds is 6. The highest BCUT2D eigenvalue weighted by Gasteiger charge is 2.34. The Morgan fingerprint density at radius 1 is 0.917 bits per heavy atom. The van der Waals surface area contributed by atoms with Gasteiger partial charge in [0.05, 0.1) is 11.6 Å². The molecule has 1 aliphatic rings. The number of hydrogen-bond donors (Lipinski definition) is 1. The molecule has 0 fully saturated rings. The first kappa shape index (κ1) is 23.9. The van der Waals surface area contributed by atoms with E-state index in [-0.39, 0.29) is 11.9 Å². The second-order valence-electron chi connectivity index (χ2n) is 8.76. The molecule has 36 heavy (non-hydrogen) atoms. The van der Waals surface area contributed by atoms with Gasteiger partial charge in [0.2, 0.25) is 5.82 Å². The van der Waals surface area contributed by atoms with Gasteiger partial charge in [-0.3, -0.25) is 4.90 Å². The Morgan fingerprint density at radius 3 is 2.14 bits per heavy atom. The number of benzene rings is 3. The van der Waals surface area contributed by atoms with E-state index in [1.165, 1.54) is 23.3 Å². The third-order valence-electron chi connectivity index (χ3n) is 6.57. The van der Waals surface area contributed by atoms with Crippen molar-refractivity contribution in [2.45, 2.75) is 39.7 Å². The molecule has 0 saturated carbocycles. The van der Waals surface area contributed by atoms with Gasteiger partial charge in [0.1, 0.15) is 5.82 Å². The van der Waals surface area contributed by atoms with Gasteiger partial charge < -0.3 is 9.84 Å². The molecule has 1 N–H and O–H groups in total. The summed E-state index contributed by atoms with van der Waals surface area (Å²) in [5.41, 5.74) is 6.81. The maximum atomic E-state index is 13.7. The summed E-state index contributed by atoms with van der Waals surface area (Å²) in [7, 11) is 0. The van der Waals surface area contributed by atoms with Crippen LogP contribution in [0.4, 0.5) is 10.1 Å². The molecule has 1 aliphatic heterocycles. The summed E-state index contributed by atoms with van der Waals surface area (Å²) in [5.74, 6) is 0.604. The van der Waals surface area contributed by atoms with E-state index in [4.69, 9.17) is 21.7 Å². The van der Waals surface area contributed by atoms with Crippen LogP contribution in [0.2, 0.25) is 0 Å². The average molecular weight is 499 g/mol. The quantitative estimate of drug-likeness (QED) is 0.293. The normalized spacial score (nSPS) is 15.8. The number of aryl methyl sites for hydroxylation is 2. The molecular formula is C29H27FN4OS. The molecule has 182 valence electrons. The van der Waals surface area contributed by atoms with Crippen molar-refractivity contribution in [3.05, 3.63) is 107 Å². The van der Waals surface area contributed by atoms with Gasteiger partial charge in [-0.2, -0.15) is 4.98 Å². The molecule has 5 nitrogen and oxygen atoms in total. The average Bonchev–Trinajstić information content (AvgIpc) is 3.39. The van der Waals surface area contributed by atoms with E-state index in [0.717, 1.165) is 40.9 Å². The van der Waals surface area contributed by atoms with E-state index in [2.05, 4.69) is 60.7 Å². The monoisotopic (exact) mass is 498 g/mol. The number of aromatic nitrogens is 2. The van der Waals surface area contributed by atoms with Gasteiger partial charge in [-0.05, 0) is 72.9 Å². The van der Waals surface area contributed by atoms with Crippen LogP contribution in [0.3, 0.4) is 0 Å². The molecule has 0 saturated heterocycles. The van der Waals surface area contributed by atoms with Gasteiger partial charge in [-0.1, -0.05) is 67.5 Å². The zero-order valence-corrected chi connectivity index (χ0v) is 21.3. The van der Waals surface area contributed by atoms with E-state index < -0.39 is 0 Å². The predicted octanol–water partition coefficient (Wildman–Crippen LogP) is 6.87. The zero-order chi connectivity index (χ0) is 25.2. The van der Waals surface area contributed by atoms with Crippen molar-refractivity contribution in [2.24, 2.45) is 0 Å². The largest absolute Gasteiger partial charge is 0.351 e. The molecule has 0 spiro atoms. The van der Waals surface area contributed by atoms with Gasteiger partial charge in [-0.25, -0.2) is 4.39 Å². The van der Waals surface area contributed by atoms with Crippen LogP contribution in [0.25, 0.3) is 17.0 Å². The lowest BCUT2D eigenvalue weighted by molar-refractivity contribution is 0.404. The van der Waals surface area contributed by atoms with Crippen LogP contribution in [-0.4, -0.2) is 15.3 Å². The van der Waals surface area contributed by atoms with Gasteiger partial charge >= 0.3 is 0 Å². The number of thiocarbonyl (C=S) groups is 1. The summed E-state index contributed by atoms with van der Waals surface area (Å²) in [6.45, 7) is 6.24. The maximum absolute atomic E-state index is 13.7. The Morgan fingerprint density at radius 2 is 1.53 bits per heavy atom. The number of nitrogens with one attached hydrogen (secondary N) is 1. The Labute approximate surface area is 215 Å². The smallest absolute Gasteiger partial charge is 0.258 e. The first-order chi connectivity index (χ1) is 17.5. The summed E-state index contributed by atoms with van der Waals surface area (Å²) in [6.07, 6.45) is 1.92. The lowest BCUT2D eigenvalue weighted by Crippen LogP contribution is -2.46. The van der Waals surface area contributed by atoms with Gasteiger partial charge in [0, 0.05) is 16.9 Å². The van der Waals surface area contributed by atoms with Gasteiger partial charge in [-0.15, -0.1) is 0 Å². The molecule has 1 atom stereocenters. The standard InChI is InChI=1S/C29H27FN4OS/c1-4-19-6-10-22(11-7-19)27-32-28(35-33-27)25-18(3)34(24-16-8-20(5-2)9-17-24)29(36)31-26(25)21-12-14-23(30)15-13-21/h6-17,26H,4-5H2,1-3H3,(H,31,36). The number of anilines is 1. The van der Waals surface area contributed by atoms with E-state index in [9.17, 15) is 4.39 Å². The third kappa shape index (κ3) is 4.54. The van der Waals surface area contributed by atoms with Crippen LogP contribution in [0.1, 0.15) is 49.4 Å². The highest BCUT2D eigenvalue weighted by Crippen LogP contribution is 2.39. The molecule has 4 aromatic rings. The van der Waals surface area contributed by atoms with Crippen molar-refractivity contribution in [3.63, 3.8) is 0 Å². The van der Waals surface area contributed by atoms with Crippen molar-refractivity contribution in [3.8, 4) is 11.4 Å². The fourth-order valence-electron chi connectivity index (χ4n) is 4.46. The predicted molar refractivity (Wildman–Crippen MR) is 145 cm³/mol. The van der Waals surface area contributed by atoms with E-state index in [0.29, 0.717) is 16.8 Å². The summed E-state index contributed by atoms with van der Waals surface area (Å²) < 4.78 is 19.5. The number of halogens is 1.